The van der Waals surface area contributed by atoms with E-state index >= 15 is 0 Å². The largest absolute Gasteiger partial charge is 0.310 e. The van der Waals surface area contributed by atoms with Crippen LogP contribution in [0.1, 0.15) is 22.3 Å². The minimum Gasteiger partial charge on any atom is -0.310 e. The van der Waals surface area contributed by atoms with E-state index in [1.54, 1.807) is 0 Å². The van der Waals surface area contributed by atoms with E-state index in [-0.39, 0.29) is 0 Å². The predicted octanol–water partition coefficient (Wildman–Crippen LogP) is 18.3. The van der Waals surface area contributed by atoms with Crippen LogP contribution in [-0.2, 0) is 5.41 Å². The first-order chi connectivity index (χ1) is 35.2. The van der Waals surface area contributed by atoms with E-state index in [9.17, 15) is 0 Å². The van der Waals surface area contributed by atoms with Gasteiger partial charge in [-0.25, -0.2) is 0 Å². The molecule has 1 aliphatic carbocycles. The highest BCUT2D eigenvalue weighted by atomic mass is 15.1. The van der Waals surface area contributed by atoms with Crippen molar-refractivity contribution in [2.75, 3.05) is 4.90 Å². The molecule has 1 heterocycles. The topological polar surface area (TPSA) is 8.17 Å². The van der Waals surface area contributed by atoms with Crippen molar-refractivity contribution in [2.24, 2.45) is 0 Å². The molecule has 0 spiro atoms. The average molecular weight is 903 g/mol. The zero-order chi connectivity index (χ0) is 46.9. The van der Waals surface area contributed by atoms with Gasteiger partial charge in [0.1, 0.15) is 0 Å². The molecule has 1 unspecified atom stereocenters. The fourth-order valence-corrected chi connectivity index (χ4v) is 11.9. The Morgan fingerprint density at radius 1 is 0.310 bits per heavy atom. The van der Waals surface area contributed by atoms with Crippen LogP contribution in [0, 0.1) is 0 Å². The maximum Gasteiger partial charge on any atom is 0.0714 e. The lowest BCUT2D eigenvalue weighted by Crippen LogP contribution is -2.29. The van der Waals surface area contributed by atoms with Crippen LogP contribution in [0.15, 0.2) is 279 Å². The van der Waals surface area contributed by atoms with Gasteiger partial charge in [0.25, 0.3) is 0 Å². The lowest BCUT2D eigenvalue weighted by atomic mass is 9.67. The van der Waals surface area contributed by atoms with Gasteiger partial charge < -0.3 is 9.47 Å². The molecular formula is C69H46N2. The molecule has 12 aromatic carbocycles. The lowest BCUT2D eigenvalue weighted by molar-refractivity contribution is 0.769. The van der Waals surface area contributed by atoms with Gasteiger partial charge in [-0.3, -0.25) is 0 Å². The summed E-state index contributed by atoms with van der Waals surface area (Å²) in [7, 11) is 0. The van der Waals surface area contributed by atoms with Crippen LogP contribution in [0.4, 0.5) is 17.1 Å². The maximum absolute atomic E-state index is 2.50. The van der Waals surface area contributed by atoms with Crippen LogP contribution < -0.4 is 4.90 Å². The summed E-state index contributed by atoms with van der Waals surface area (Å²) in [5.41, 5.74) is 18.5. The smallest absolute Gasteiger partial charge is 0.0714 e. The third kappa shape index (κ3) is 6.42. The van der Waals surface area contributed by atoms with E-state index in [0.717, 1.165) is 28.3 Å². The Bertz CT molecular complexity index is 4170. The predicted molar refractivity (Wildman–Crippen MR) is 299 cm³/mol. The van der Waals surface area contributed by atoms with Crippen molar-refractivity contribution in [2.45, 2.75) is 5.41 Å². The van der Waals surface area contributed by atoms with Crippen molar-refractivity contribution in [1.82, 2.24) is 4.57 Å². The molecular weight excluding hydrogens is 857 g/mol. The quantitative estimate of drug-likeness (QED) is 0.147. The summed E-state index contributed by atoms with van der Waals surface area (Å²) >= 11 is 0. The Labute approximate surface area is 413 Å². The highest BCUT2D eigenvalue weighted by molar-refractivity contribution is 6.19. The second-order valence-electron chi connectivity index (χ2n) is 18.8. The number of fused-ring (bicyclic) bond motifs is 9. The molecule has 14 rings (SSSR count). The fraction of sp³-hybridized carbons (Fsp3) is 0.0145. The van der Waals surface area contributed by atoms with E-state index in [2.05, 4.69) is 289 Å². The van der Waals surface area contributed by atoms with E-state index in [1.807, 2.05) is 0 Å². The third-order valence-electron chi connectivity index (χ3n) is 15.0. The Balaban J connectivity index is 1.05. The number of aromatic nitrogens is 1. The Morgan fingerprint density at radius 3 is 1.65 bits per heavy atom. The first kappa shape index (κ1) is 40.8. The number of rotatable bonds is 8. The summed E-state index contributed by atoms with van der Waals surface area (Å²) < 4.78 is 2.50. The van der Waals surface area contributed by atoms with Crippen LogP contribution in [0.25, 0.3) is 82.4 Å². The molecule has 2 nitrogen and oxygen atoms in total. The SMILES string of the molecule is c1ccc(-c2cccc(-n3c4cc(N(c5ccc6c(c5)C(c5ccccc5)(c5cccc(-c7ccccc7)c5)c5ccccc5-6)c5cccc6ccccc56)ccc4c4ccc5ccccc5c43)c2)cc1. The number of benzene rings is 12. The molecule has 13 aromatic rings. The van der Waals surface area contributed by atoms with Crippen molar-refractivity contribution >= 4 is 60.4 Å². The van der Waals surface area contributed by atoms with Crippen LogP contribution in [0.5, 0.6) is 0 Å². The summed E-state index contributed by atoms with van der Waals surface area (Å²) in [5, 5.41) is 7.27. The highest BCUT2D eigenvalue weighted by Gasteiger charge is 2.46. The molecule has 0 saturated heterocycles. The molecule has 1 atom stereocenters. The van der Waals surface area contributed by atoms with Crippen molar-refractivity contribution in [3.8, 4) is 39.1 Å². The number of hydrogen-bond acceptors (Lipinski definition) is 1. The summed E-state index contributed by atoms with van der Waals surface area (Å²) in [6.45, 7) is 0. The van der Waals surface area contributed by atoms with Crippen LogP contribution in [-0.4, -0.2) is 4.57 Å². The molecule has 0 saturated carbocycles. The number of hydrogen-bond donors (Lipinski definition) is 0. The highest BCUT2D eigenvalue weighted by Crippen LogP contribution is 2.58. The van der Waals surface area contributed by atoms with E-state index in [4.69, 9.17) is 0 Å². The van der Waals surface area contributed by atoms with Crippen molar-refractivity contribution in [3.63, 3.8) is 0 Å². The Hall–Kier alpha value is -9.24. The molecule has 0 aliphatic heterocycles. The Morgan fingerprint density at radius 2 is 0.859 bits per heavy atom. The van der Waals surface area contributed by atoms with Gasteiger partial charge in [0.2, 0.25) is 0 Å². The van der Waals surface area contributed by atoms with E-state index in [0.29, 0.717) is 0 Å². The zero-order valence-corrected chi connectivity index (χ0v) is 39.0. The fourth-order valence-electron chi connectivity index (χ4n) is 11.9. The van der Waals surface area contributed by atoms with E-state index in [1.165, 1.54) is 93.5 Å². The average Bonchev–Trinajstić information content (AvgIpc) is 3.95. The molecule has 1 aliphatic rings. The normalized spacial score (nSPS) is 14.0. The van der Waals surface area contributed by atoms with Crippen LogP contribution in [0.2, 0.25) is 0 Å². The van der Waals surface area contributed by atoms with Gasteiger partial charge in [0.05, 0.1) is 22.1 Å². The molecule has 0 fully saturated rings. The monoisotopic (exact) mass is 902 g/mol. The summed E-state index contributed by atoms with van der Waals surface area (Å²) in [5.74, 6) is 0. The second-order valence-corrected chi connectivity index (χ2v) is 18.8. The third-order valence-corrected chi connectivity index (χ3v) is 15.0. The summed E-state index contributed by atoms with van der Waals surface area (Å²) in [4.78, 5) is 2.50. The number of nitrogens with zero attached hydrogens (tertiary/aromatic N) is 2. The standard InChI is InChI=1S/C69H46N2/c1-4-19-47(20-5-1)51-26-16-30-54(43-51)69(53-28-8-3-9-29-53)64-35-15-14-34-60(64)61-41-38-56(45-65(61)69)70(66-36-18-25-49-23-10-12-32-58(49)66)57-39-42-62-63-40-37-50-24-11-13-33-59(50)68(63)71(67(62)46-57)55-31-17-27-52(44-55)48-21-6-2-7-22-48/h1-46H. The summed E-state index contributed by atoms with van der Waals surface area (Å²) in [6, 6.07) is 103. The molecule has 2 heteroatoms. The first-order valence-corrected chi connectivity index (χ1v) is 24.6. The van der Waals surface area contributed by atoms with Gasteiger partial charge in [-0.15, -0.1) is 0 Å². The molecule has 0 amide bonds. The van der Waals surface area contributed by atoms with Gasteiger partial charge in [-0.2, -0.15) is 0 Å². The van der Waals surface area contributed by atoms with Gasteiger partial charge in [-0.05, 0) is 115 Å². The van der Waals surface area contributed by atoms with Crippen LogP contribution >= 0.6 is 0 Å². The van der Waals surface area contributed by atoms with Crippen molar-refractivity contribution < 1.29 is 0 Å². The molecule has 71 heavy (non-hydrogen) atoms. The van der Waals surface area contributed by atoms with E-state index < -0.39 is 5.41 Å². The molecule has 0 bridgehead atoms. The first-order valence-electron chi connectivity index (χ1n) is 24.6. The number of anilines is 3. The minimum atomic E-state index is -0.611. The lowest BCUT2D eigenvalue weighted by Gasteiger charge is -2.35. The van der Waals surface area contributed by atoms with Gasteiger partial charge in [0.15, 0.2) is 0 Å². The minimum absolute atomic E-state index is 0.611. The zero-order valence-electron chi connectivity index (χ0n) is 39.0. The van der Waals surface area contributed by atoms with Gasteiger partial charge in [0, 0.05) is 38.6 Å². The molecule has 0 radical (unpaired) electrons. The molecule has 1 aromatic heterocycles. The van der Waals surface area contributed by atoms with Crippen molar-refractivity contribution in [3.05, 3.63) is 301 Å². The summed E-state index contributed by atoms with van der Waals surface area (Å²) in [6.07, 6.45) is 0. The second kappa shape index (κ2) is 16.5. The Kier molecular flexibility index (Phi) is 9.47. The van der Waals surface area contributed by atoms with Gasteiger partial charge in [-0.1, -0.05) is 231 Å². The van der Waals surface area contributed by atoms with Crippen molar-refractivity contribution in [1.29, 1.82) is 0 Å². The van der Waals surface area contributed by atoms with Gasteiger partial charge >= 0.3 is 0 Å². The van der Waals surface area contributed by atoms with Crippen LogP contribution in [0.3, 0.4) is 0 Å². The molecule has 0 N–H and O–H groups in total. The molecule has 332 valence electrons. The maximum atomic E-state index is 2.50.